The summed E-state index contributed by atoms with van der Waals surface area (Å²) in [6, 6.07) is 13.8. The molecule has 2 aromatic carbocycles. The lowest BCUT2D eigenvalue weighted by atomic mass is 10.1. The molecule has 0 unspecified atom stereocenters. The Morgan fingerprint density at radius 2 is 1.86 bits per heavy atom. The molecule has 5 nitrogen and oxygen atoms in total. The van der Waals surface area contributed by atoms with E-state index in [-0.39, 0.29) is 10.6 Å². The van der Waals surface area contributed by atoms with Crippen LogP contribution in [0.15, 0.2) is 48.5 Å². The average molecular weight is 299 g/mol. The first kappa shape index (κ1) is 13.3. The third-order valence-electron chi connectivity index (χ3n) is 2.90. The first-order valence-electron chi connectivity index (χ1n) is 6.11. The number of hydrogen-bond donors (Lipinski definition) is 1. The minimum Gasteiger partial charge on any atom is -0.389 e. The number of aromatic nitrogens is 4. The average Bonchev–Trinajstić information content (AvgIpc) is 2.97. The molecular formula is C14H10FN5S. The Kier molecular flexibility index (Phi) is 3.41. The molecule has 1 aromatic heterocycles. The topological polar surface area (TPSA) is 69.6 Å². The van der Waals surface area contributed by atoms with E-state index in [1.165, 1.54) is 16.9 Å². The predicted molar refractivity (Wildman–Crippen MR) is 80.4 cm³/mol. The number of halogens is 1. The number of benzene rings is 2. The van der Waals surface area contributed by atoms with Crippen LogP contribution in [0.25, 0.3) is 17.1 Å². The fraction of sp³-hybridized carbons (Fsp3) is 0. The van der Waals surface area contributed by atoms with Gasteiger partial charge in [-0.05, 0) is 17.3 Å². The molecule has 0 radical (unpaired) electrons. The van der Waals surface area contributed by atoms with Crippen LogP contribution in [0.2, 0.25) is 0 Å². The maximum atomic E-state index is 13.9. The number of hydrogen-bond acceptors (Lipinski definition) is 4. The molecule has 104 valence electrons. The van der Waals surface area contributed by atoms with E-state index in [1.54, 1.807) is 6.07 Å². The van der Waals surface area contributed by atoms with Gasteiger partial charge in [-0.2, -0.15) is 0 Å². The van der Waals surface area contributed by atoms with Gasteiger partial charge in [0.25, 0.3) is 0 Å². The first-order valence-corrected chi connectivity index (χ1v) is 6.52. The number of nitrogens with zero attached hydrogens (tertiary/aromatic N) is 4. The number of nitrogens with two attached hydrogens (primary N) is 1. The van der Waals surface area contributed by atoms with Crippen LogP contribution in [0, 0.1) is 5.82 Å². The lowest BCUT2D eigenvalue weighted by Crippen LogP contribution is -2.16. The van der Waals surface area contributed by atoms with E-state index in [9.17, 15) is 4.39 Å². The van der Waals surface area contributed by atoms with Crippen LogP contribution in [-0.2, 0) is 0 Å². The standard InChI is InChI=1S/C14H10FN5S/c15-10-7-4-8-11(12(10)13(16)21)20-18-14(17-19-20)9-5-2-1-3-6-9/h1-8H,(H2,16,21). The van der Waals surface area contributed by atoms with Gasteiger partial charge < -0.3 is 5.73 Å². The molecule has 0 aliphatic heterocycles. The lowest BCUT2D eigenvalue weighted by Gasteiger charge is -2.06. The highest BCUT2D eigenvalue weighted by Crippen LogP contribution is 2.18. The van der Waals surface area contributed by atoms with Crippen LogP contribution in [0.1, 0.15) is 5.56 Å². The van der Waals surface area contributed by atoms with Gasteiger partial charge in [0.05, 0.1) is 5.56 Å². The maximum absolute atomic E-state index is 13.9. The normalized spacial score (nSPS) is 10.5. The van der Waals surface area contributed by atoms with Crippen molar-refractivity contribution < 1.29 is 4.39 Å². The van der Waals surface area contributed by atoms with Crippen molar-refractivity contribution in [2.45, 2.75) is 0 Å². The van der Waals surface area contributed by atoms with E-state index in [0.717, 1.165) is 5.56 Å². The van der Waals surface area contributed by atoms with Gasteiger partial charge in [-0.25, -0.2) is 4.39 Å². The van der Waals surface area contributed by atoms with E-state index in [0.29, 0.717) is 11.5 Å². The molecule has 0 bridgehead atoms. The van der Waals surface area contributed by atoms with Crippen LogP contribution in [0.4, 0.5) is 4.39 Å². The van der Waals surface area contributed by atoms with Gasteiger partial charge in [0.15, 0.2) is 0 Å². The number of thiocarbonyl (C=S) groups is 1. The fourth-order valence-corrected chi connectivity index (χ4v) is 2.14. The lowest BCUT2D eigenvalue weighted by molar-refractivity contribution is 0.618. The van der Waals surface area contributed by atoms with Crippen LogP contribution < -0.4 is 5.73 Å². The largest absolute Gasteiger partial charge is 0.389 e. The monoisotopic (exact) mass is 299 g/mol. The highest BCUT2D eigenvalue weighted by Gasteiger charge is 2.15. The zero-order valence-corrected chi connectivity index (χ0v) is 11.6. The molecule has 0 aliphatic carbocycles. The third-order valence-corrected chi connectivity index (χ3v) is 3.10. The number of tetrazole rings is 1. The summed E-state index contributed by atoms with van der Waals surface area (Å²) < 4.78 is 13.9. The summed E-state index contributed by atoms with van der Waals surface area (Å²) in [6.07, 6.45) is 0. The summed E-state index contributed by atoms with van der Waals surface area (Å²) >= 11 is 4.89. The van der Waals surface area contributed by atoms with E-state index in [2.05, 4.69) is 15.4 Å². The Labute approximate surface area is 125 Å². The molecule has 7 heteroatoms. The summed E-state index contributed by atoms with van der Waals surface area (Å²) in [5.41, 5.74) is 6.85. The van der Waals surface area contributed by atoms with Crippen LogP contribution in [-0.4, -0.2) is 25.2 Å². The van der Waals surface area contributed by atoms with Crippen molar-refractivity contribution in [3.63, 3.8) is 0 Å². The summed E-state index contributed by atoms with van der Waals surface area (Å²) in [7, 11) is 0. The second-order valence-electron chi connectivity index (χ2n) is 4.27. The van der Waals surface area contributed by atoms with Gasteiger partial charge in [0.2, 0.25) is 5.82 Å². The minimum atomic E-state index is -0.515. The van der Waals surface area contributed by atoms with Crippen molar-refractivity contribution in [3.8, 4) is 17.1 Å². The Bertz CT molecular complexity index is 800. The van der Waals surface area contributed by atoms with Crippen molar-refractivity contribution in [1.82, 2.24) is 20.2 Å². The highest BCUT2D eigenvalue weighted by atomic mass is 32.1. The molecule has 21 heavy (non-hydrogen) atoms. The Hall–Kier alpha value is -2.67. The van der Waals surface area contributed by atoms with E-state index < -0.39 is 5.82 Å². The smallest absolute Gasteiger partial charge is 0.205 e. The molecule has 0 aliphatic rings. The molecule has 0 fully saturated rings. The fourth-order valence-electron chi connectivity index (χ4n) is 1.94. The molecule has 0 saturated heterocycles. The highest BCUT2D eigenvalue weighted by molar-refractivity contribution is 7.80. The van der Waals surface area contributed by atoms with E-state index in [1.807, 2.05) is 30.3 Å². The molecule has 0 spiro atoms. The minimum absolute atomic E-state index is 0.0540. The summed E-state index contributed by atoms with van der Waals surface area (Å²) in [5, 5.41) is 12.2. The Morgan fingerprint density at radius 3 is 2.57 bits per heavy atom. The Balaban J connectivity index is 2.09. The zero-order chi connectivity index (χ0) is 14.8. The van der Waals surface area contributed by atoms with Gasteiger partial charge in [0, 0.05) is 5.56 Å². The van der Waals surface area contributed by atoms with Crippen LogP contribution >= 0.6 is 12.2 Å². The van der Waals surface area contributed by atoms with E-state index in [4.69, 9.17) is 18.0 Å². The van der Waals surface area contributed by atoms with Gasteiger partial charge >= 0.3 is 0 Å². The van der Waals surface area contributed by atoms with Gasteiger partial charge in [-0.1, -0.05) is 48.6 Å². The van der Waals surface area contributed by atoms with Gasteiger partial charge in [0.1, 0.15) is 16.5 Å². The molecule has 0 amide bonds. The number of rotatable bonds is 3. The zero-order valence-electron chi connectivity index (χ0n) is 10.8. The molecule has 3 aromatic rings. The van der Waals surface area contributed by atoms with Crippen molar-refractivity contribution in [3.05, 3.63) is 59.9 Å². The molecule has 0 saturated carbocycles. The van der Waals surface area contributed by atoms with Crippen molar-refractivity contribution in [2.24, 2.45) is 5.73 Å². The summed E-state index contributed by atoms with van der Waals surface area (Å²) in [4.78, 5) is 1.17. The molecule has 3 rings (SSSR count). The van der Waals surface area contributed by atoms with Gasteiger partial charge in [-0.3, -0.25) is 0 Å². The van der Waals surface area contributed by atoms with Crippen molar-refractivity contribution in [1.29, 1.82) is 0 Å². The predicted octanol–water partition coefficient (Wildman–Crippen LogP) is 2.10. The molecule has 0 atom stereocenters. The van der Waals surface area contributed by atoms with Crippen LogP contribution in [0.3, 0.4) is 0 Å². The third kappa shape index (κ3) is 2.50. The second kappa shape index (κ2) is 5.37. The Morgan fingerprint density at radius 1 is 1.10 bits per heavy atom. The summed E-state index contributed by atoms with van der Waals surface area (Å²) in [6.45, 7) is 0. The SMILES string of the molecule is NC(=S)c1c(F)cccc1-n1nnc(-c2ccccc2)n1. The molecule has 2 N–H and O–H groups in total. The second-order valence-corrected chi connectivity index (χ2v) is 4.71. The quantitative estimate of drug-likeness (QED) is 0.750. The maximum Gasteiger partial charge on any atom is 0.205 e. The first-order chi connectivity index (χ1) is 10.2. The van der Waals surface area contributed by atoms with Gasteiger partial charge in [-0.15, -0.1) is 15.0 Å². The van der Waals surface area contributed by atoms with E-state index >= 15 is 0 Å². The molecular weight excluding hydrogens is 289 g/mol. The van der Waals surface area contributed by atoms with Crippen molar-refractivity contribution >= 4 is 17.2 Å². The van der Waals surface area contributed by atoms with Crippen LogP contribution in [0.5, 0.6) is 0 Å². The van der Waals surface area contributed by atoms with Crippen molar-refractivity contribution in [2.75, 3.05) is 0 Å². The molecule has 1 heterocycles. The summed E-state index contributed by atoms with van der Waals surface area (Å²) in [5.74, 6) is -0.0766.